The fraction of sp³-hybridized carbons (Fsp3) is 0.143. The Morgan fingerprint density at radius 1 is 1.19 bits per heavy atom. The zero-order valence-corrected chi connectivity index (χ0v) is 9.31. The minimum atomic E-state index is -0.105. The molecule has 2 aromatic rings. The minimum absolute atomic E-state index is 0.105. The molecular formula is C14H15NO. The van der Waals surface area contributed by atoms with E-state index in [0.29, 0.717) is 0 Å². The van der Waals surface area contributed by atoms with E-state index in [-0.39, 0.29) is 6.04 Å². The second-order valence-electron chi connectivity index (χ2n) is 3.73. The van der Waals surface area contributed by atoms with Crippen molar-refractivity contribution < 1.29 is 4.74 Å². The summed E-state index contributed by atoms with van der Waals surface area (Å²) in [6.45, 7) is 3.70. The van der Waals surface area contributed by atoms with Crippen LogP contribution in [0.4, 0.5) is 0 Å². The maximum absolute atomic E-state index is 5.90. The molecule has 2 aromatic carbocycles. The van der Waals surface area contributed by atoms with Crippen molar-refractivity contribution in [1.82, 2.24) is 0 Å². The monoisotopic (exact) mass is 213 g/mol. The van der Waals surface area contributed by atoms with E-state index >= 15 is 0 Å². The van der Waals surface area contributed by atoms with Gasteiger partial charge in [-0.05, 0) is 34.5 Å². The van der Waals surface area contributed by atoms with Crippen LogP contribution in [0.3, 0.4) is 0 Å². The van der Waals surface area contributed by atoms with Crippen LogP contribution in [0.1, 0.15) is 11.6 Å². The van der Waals surface area contributed by atoms with Crippen LogP contribution in [-0.4, -0.2) is 7.11 Å². The van der Waals surface area contributed by atoms with Crippen molar-refractivity contribution in [3.63, 3.8) is 0 Å². The van der Waals surface area contributed by atoms with Crippen molar-refractivity contribution in [2.45, 2.75) is 6.04 Å². The molecule has 2 rings (SSSR count). The van der Waals surface area contributed by atoms with E-state index in [9.17, 15) is 0 Å². The molecule has 1 atom stereocenters. The van der Waals surface area contributed by atoms with Gasteiger partial charge in [-0.25, -0.2) is 0 Å². The second kappa shape index (κ2) is 4.37. The second-order valence-corrected chi connectivity index (χ2v) is 3.73. The highest BCUT2D eigenvalue weighted by atomic mass is 16.5. The Balaban J connectivity index is 2.51. The van der Waals surface area contributed by atoms with Crippen molar-refractivity contribution >= 4 is 10.8 Å². The summed E-state index contributed by atoms with van der Waals surface area (Å²) in [4.78, 5) is 0. The first kappa shape index (κ1) is 10.7. The van der Waals surface area contributed by atoms with Gasteiger partial charge in [0, 0.05) is 6.04 Å². The third kappa shape index (κ3) is 1.92. The molecule has 0 aliphatic rings. The number of ether oxygens (including phenoxy) is 1. The molecule has 0 saturated carbocycles. The predicted octanol–water partition coefficient (Wildman–Crippen LogP) is 3.03. The highest BCUT2D eigenvalue weighted by Crippen LogP contribution is 2.23. The number of methoxy groups -OCH3 is 1. The smallest absolute Gasteiger partial charge is 0.119 e. The molecule has 2 heteroatoms. The SMILES string of the molecule is C=C[C@H](N)c1ccc2cc(OC)ccc2c1. The van der Waals surface area contributed by atoms with Crippen LogP contribution in [-0.2, 0) is 0 Å². The van der Waals surface area contributed by atoms with Gasteiger partial charge in [-0.3, -0.25) is 0 Å². The maximum Gasteiger partial charge on any atom is 0.119 e. The molecule has 0 heterocycles. The van der Waals surface area contributed by atoms with E-state index in [2.05, 4.69) is 18.7 Å². The van der Waals surface area contributed by atoms with Crippen molar-refractivity contribution in [3.05, 3.63) is 54.6 Å². The topological polar surface area (TPSA) is 35.2 Å². The first-order chi connectivity index (χ1) is 7.74. The molecule has 82 valence electrons. The fourth-order valence-corrected chi connectivity index (χ4v) is 1.71. The number of fused-ring (bicyclic) bond motifs is 1. The third-order valence-corrected chi connectivity index (χ3v) is 2.71. The predicted molar refractivity (Wildman–Crippen MR) is 67.6 cm³/mol. The van der Waals surface area contributed by atoms with Gasteiger partial charge in [-0.15, -0.1) is 6.58 Å². The van der Waals surface area contributed by atoms with E-state index in [1.165, 1.54) is 0 Å². The lowest BCUT2D eigenvalue weighted by Crippen LogP contribution is -2.05. The summed E-state index contributed by atoms with van der Waals surface area (Å²) in [7, 11) is 1.67. The summed E-state index contributed by atoms with van der Waals surface area (Å²) < 4.78 is 5.18. The first-order valence-electron chi connectivity index (χ1n) is 5.20. The van der Waals surface area contributed by atoms with Crippen LogP contribution in [0.2, 0.25) is 0 Å². The molecular weight excluding hydrogens is 198 g/mol. The Bertz CT molecular complexity index is 519. The summed E-state index contributed by atoms with van der Waals surface area (Å²) >= 11 is 0. The van der Waals surface area contributed by atoms with E-state index in [1.54, 1.807) is 13.2 Å². The lowest BCUT2D eigenvalue weighted by molar-refractivity contribution is 0.415. The number of benzene rings is 2. The standard InChI is InChI=1S/C14H15NO/c1-3-14(15)12-5-4-11-9-13(16-2)7-6-10(11)8-12/h3-9,14H,1,15H2,2H3/t14-/m0/s1. The zero-order chi connectivity index (χ0) is 11.5. The zero-order valence-electron chi connectivity index (χ0n) is 9.31. The van der Waals surface area contributed by atoms with Gasteiger partial charge in [0.05, 0.1) is 7.11 Å². The number of rotatable bonds is 3. The van der Waals surface area contributed by atoms with Crippen LogP contribution < -0.4 is 10.5 Å². The third-order valence-electron chi connectivity index (χ3n) is 2.71. The maximum atomic E-state index is 5.90. The highest BCUT2D eigenvalue weighted by molar-refractivity contribution is 5.84. The van der Waals surface area contributed by atoms with Crippen molar-refractivity contribution in [2.24, 2.45) is 5.73 Å². The van der Waals surface area contributed by atoms with Gasteiger partial charge in [-0.1, -0.05) is 24.3 Å². The van der Waals surface area contributed by atoms with E-state index in [0.717, 1.165) is 22.1 Å². The Labute approximate surface area is 95.3 Å². The molecule has 0 aliphatic heterocycles. The largest absolute Gasteiger partial charge is 0.497 e. The summed E-state index contributed by atoms with van der Waals surface area (Å²) in [5.41, 5.74) is 6.98. The van der Waals surface area contributed by atoms with Crippen LogP contribution in [0.5, 0.6) is 5.75 Å². The molecule has 0 unspecified atom stereocenters. The molecule has 0 spiro atoms. The van der Waals surface area contributed by atoms with Crippen LogP contribution in [0, 0.1) is 0 Å². The van der Waals surface area contributed by atoms with Crippen LogP contribution in [0.15, 0.2) is 49.1 Å². The van der Waals surface area contributed by atoms with E-state index in [4.69, 9.17) is 10.5 Å². The number of hydrogen-bond donors (Lipinski definition) is 1. The lowest BCUT2D eigenvalue weighted by Gasteiger charge is -2.08. The fourth-order valence-electron chi connectivity index (χ4n) is 1.71. The summed E-state index contributed by atoms with van der Waals surface area (Å²) in [6.07, 6.45) is 1.74. The minimum Gasteiger partial charge on any atom is -0.497 e. The quantitative estimate of drug-likeness (QED) is 0.795. The summed E-state index contributed by atoms with van der Waals surface area (Å²) in [6, 6.07) is 12.1. The van der Waals surface area contributed by atoms with E-state index < -0.39 is 0 Å². The average molecular weight is 213 g/mol. The first-order valence-corrected chi connectivity index (χ1v) is 5.20. The molecule has 0 fully saturated rings. The summed E-state index contributed by atoms with van der Waals surface area (Å²) in [5, 5.41) is 2.31. The van der Waals surface area contributed by atoms with Gasteiger partial charge in [0.25, 0.3) is 0 Å². The Hall–Kier alpha value is -1.80. The van der Waals surface area contributed by atoms with Crippen molar-refractivity contribution in [3.8, 4) is 5.75 Å². The average Bonchev–Trinajstić information content (AvgIpc) is 2.36. The highest BCUT2D eigenvalue weighted by Gasteiger charge is 2.03. The molecule has 0 aromatic heterocycles. The van der Waals surface area contributed by atoms with E-state index in [1.807, 2.05) is 24.3 Å². The molecule has 0 amide bonds. The Morgan fingerprint density at radius 3 is 2.56 bits per heavy atom. The van der Waals surface area contributed by atoms with Gasteiger partial charge in [0.15, 0.2) is 0 Å². The van der Waals surface area contributed by atoms with Gasteiger partial charge in [0.1, 0.15) is 5.75 Å². The van der Waals surface area contributed by atoms with Gasteiger partial charge >= 0.3 is 0 Å². The normalized spacial score (nSPS) is 12.4. The Kier molecular flexibility index (Phi) is 2.93. The molecule has 0 aliphatic carbocycles. The van der Waals surface area contributed by atoms with Crippen molar-refractivity contribution in [2.75, 3.05) is 7.11 Å². The van der Waals surface area contributed by atoms with Crippen LogP contribution in [0.25, 0.3) is 10.8 Å². The number of hydrogen-bond acceptors (Lipinski definition) is 2. The molecule has 2 N–H and O–H groups in total. The molecule has 0 bridgehead atoms. The van der Waals surface area contributed by atoms with Crippen LogP contribution >= 0.6 is 0 Å². The molecule has 16 heavy (non-hydrogen) atoms. The summed E-state index contributed by atoms with van der Waals surface area (Å²) in [5.74, 6) is 0.869. The molecule has 0 saturated heterocycles. The van der Waals surface area contributed by atoms with Crippen molar-refractivity contribution in [1.29, 1.82) is 0 Å². The van der Waals surface area contributed by atoms with Gasteiger partial charge in [0.2, 0.25) is 0 Å². The molecule has 0 radical (unpaired) electrons. The lowest BCUT2D eigenvalue weighted by atomic mass is 10.0. The van der Waals surface area contributed by atoms with Gasteiger partial charge < -0.3 is 10.5 Å². The molecule has 2 nitrogen and oxygen atoms in total. The number of nitrogens with two attached hydrogens (primary N) is 1. The Morgan fingerprint density at radius 2 is 1.88 bits per heavy atom. The van der Waals surface area contributed by atoms with Gasteiger partial charge in [-0.2, -0.15) is 0 Å².